The lowest BCUT2D eigenvalue weighted by atomic mass is 10.2. The van der Waals surface area contributed by atoms with Crippen LogP contribution in [0, 0.1) is 0 Å². The maximum atomic E-state index is 12.3. The number of rotatable bonds is 7. The van der Waals surface area contributed by atoms with Crippen LogP contribution in [0.25, 0.3) is 22.4 Å². The van der Waals surface area contributed by atoms with E-state index in [9.17, 15) is 9.59 Å². The third kappa shape index (κ3) is 3.77. The predicted octanol–water partition coefficient (Wildman–Crippen LogP) is 1.67. The number of aromatic nitrogens is 4. The van der Waals surface area contributed by atoms with Gasteiger partial charge in [0.05, 0.1) is 12.2 Å². The Balaban J connectivity index is 2.05. The Morgan fingerprint density at radius 1 is 1.31 bits per heavy atom. The minimum Gasteiger partial charge on any atom is -0.493 e. The highest BCUT2D eigenvalue weighted by Crippen LogP contribution is 2.27. The van der Waals surface area contributed by atoms with Crippen LogP contribution in [0.15, 0.2) is 35.3 Å². The van der Waals surface area contributed by atoms with E-state index in [-0.39, 0.29) is 29.1 Å². The Kier molecular flexibility index (Phi) is 5.07. The zero-order valence-electron chi connectivity index (χ0n) is 14.0. The van der Waals surface area contributed by atoms with E-state index in [1.54, 1.807) is 12.1 Å². The molecule has 0 spiro atoms. The van der Waals surface area contributed by atoms with E-state index in [1.165, 1.54) is 6.20 Å². The molecule has 9 nitrogen and oxygen atoms in total. The Morgan fingerprint density at radius 2 is 2.12 bits per heavy atom. The second kappa shape index (κ2) is 7.60. The molecule has 3 rings (SSSR count). The molecule has 134 valence electrons. The molecule has 0 radical (unpaired) electrons. The third-order valence-corrected chi connectivity index (χ3v) is 3.46. The first-order valence-electron chi connectivity index (χ1n) is 8.03. The molecule has 0 saturated heterocycles. The maximum Gasteiger partial charge on any atom is 0.322 e. The van der Waals surface area contributed by atoms with E-state index in [0.29, 0.717) is 23.7 Å². The highest BCUT2D eigenvalue weighted by atomic mass is 16.5. The van der Waals surface area contributed by atoms with Crippen LogP contribution in [0.4, 0.5) is 5.95 Å². The quantitative estimate of drug-likeness (QED) is 0.583. The monoisotopic (exact) mass is 355 g/mol. The van der Waals surface area contributed by atoms with Crippen molar-refractivity contribution in [3.8, 4) is 17.1 Å². The minimum atomic E-state index is -1.05. The van der Waals surface area contributed by atoms with Crippen molar-refractivity contribution in [2.24, 2.45) is 0 Å². The van der Waals surface area contributed by atoms with Crippen LogP contribution in [-0.4, -0.2) is 44.2 Å². The molecule has 2 aromatic heterocycles. The largest absolute Gasteiger partial charge is 0.493 e. The number of ether oxygens (including phenoxy) is 1. The first-order valence-corrected chi connectivity index (χ1v) is 8.03. The lowest BCUT2D eigenvalue weighted by Crippen LogP contribution is -2.16. The highest BCUT2D eigenvalue weighted by molar-refractivity contribution is 5.77. The molecule has 1 aromatic carbocycles. The van der Waals surface area contributed by atoms with E-state index < -0.39 is 5.97 Å². The molecule has 0 saturated carbocycles. The summed E-state index contributed by atoms with van der Waals surface area (Å²) in [4.78, 5) is 38.2. The fraction of sp³-hybridized carbons (Fsp3) is 0.235. The van der Waals surface area contributed by atoms with Gasteiger partial charge >= 0.3 is 5.97 Å². The van der Waals surface area contributed by atoms with Crippen LogP contribution in [0.3, 0.4) is 0 Å². The number of aromatic amines is 1. The summed E-state index contributed by atoms with van der Waals surface area (Å²) < 4.78 is 5.71. The van der Waals surface area contributed by atoms with Crippen LogP contribution < -0.4 is 15.6 Å². The second-order valence-corrected chi connectivity index (χ2v) is 5.44. The summed E-state index contributed by atoms with van der Waals surface area (Å²) in [6, 6.07) is 7.25. The first-order chi connectivity index (χ1) is 12.6. The molecule has 0 aliphatic heterocycles. The van der Waals surface area contributed by atoms with Crippen LogP contribution in [0.2, 0.25) is 0 Å². The van der Waals surface area contributed by atoms with Gasteiger partial charge in [-0.25, -0.2) is 9.97 Å². The maximum absolute atomic E-state index is 12.3. The van der Waals surface area contributed by atoms with Gasteiger partial charge in [-0.05, 0) is 18.6 Å². The summed E-state index contributed by atoms with van der Waals surface area (Å²) in [7, 11) is 0. The van der Waals surface area contributed by atoms with Crippen LogP contribution >= 0.6 is 0 Å². The van der Waals surface area contributed by atoms with Gasteiger partial charge in [0, 0.05) is 6.20 Å². The topological polar surface area (TPSA) is 130 Å². The Labute approximate surface area is 148 Å². The number of carboxylic acid groups (broad SMARTS) is 1. The minimum absolute atomic E-state index is 0.0828. The lowest BCUT2D eigenvalue weighted by Gasteiger charge is -2.10. The normalized spacial score (nSPS) is 10.7. The molecule has 0 bridgehead atoms. The molecule has 2 heterocycles. The summed E-state index contributed by atoms with van der Waals surface area (Å²) in [6.45, 7) is 2.21. The number of nitrogens with one attached hydrogen (secondary N) is 2. The van der Waals surface area contributed by atoms with Crippen molar-refractivity contribution in [1.82, 2.24) is 19.9 Å². The van der Waals surface area contributed by atoms with E-state index in [4.69, 9.17) is 9.84 Å². The van der Waals surface area contributed by atoms with E-state index in [1.807, 2.05) is 19.1 Å². The fourth-order valence-electron chi connectivity index (χ4n) is 2.29. The summed E-state index contributed by atoms with van der Waals surface area (Å²) in [5, 5.41) is 11.5. The van der Waals surface area contributed by atoms with Gasteiger partial charge in [-0.1, -0.05) is 19.1 Å². The average Bonchev–Trinajstić information content (AvgIpc) is 2.64. The molecule has 0 amide bonds. The molecule has 3 N–H and O–H groups in total. The van der Waals surface area contributed by atoms with E-state index >= 15 is 0 Å². The number of benzene rings is 1. The van der Waals surface area contributed by atoms with Gasteiger partial charge in [0.2, 0.25) is 5.95 Å². The fourth-order valence-corrected chi connectivity index (χ4v) is 2.29. The lowest BCUT2D eigenvalue weighted by molar-refractivity contribution is -0.134. The second-order valence-electron chi connectivity index (χ2n) is 5.44. The zero-order valence-corrected chi connectivity index (χ0v) is 14.0. The van der Waals surface area contributed by atoms with Gasteiger partial charge in [-0.3, -0.25) is 9.59 Å². The average molecular weight is 355 g/mol. The summed E-state index contributed by atoms with van der Waals surface area (Å²) >= 11 is 0. The number of aliphatic carboxylic acids is 1. The van der Waals surface area contributed by atoms with Crippen molar-refractivity contribution < 1.29 is 14.6 Å². The van der Waals surface area contributed by atoms with Crippen LogP contribution in [0.1, 0.15) is 13.3 Å². The van der Waals surface area contributed by atoms with Gasteiger partial charge in [0.25, 0.3) is 5.56 Å². The number of hydrogen-bond acceptors (Lipinski definition) is 7. The van der Waals surface area contributed by atoms with E-state index in [2.05, 4.69) is 25.3 Å². The molecular formula is C17H17N5O4. The van der Waals surface area contributed by atoms with Crippen molar-refractivity contribution in [2.45, 2.75) is 13.3 Å². The van der Waals surface area contributed by atoms with Gasteiger partial charge in [0.1, 0.15) is 23.5 Å². The SMILES string of the molecule is CCCOc1ccccc1-c1nc2nc(NCC(=O)O)ncc2c(=O)[nH]1. The van der Waals surface area contributed by atoms with Crippen molar-refractivity contribution in [1.29, 1.82) is 0 Å². The Hall–Kier alpha value is -3.49. The zero-order chi connectivity index (χ0) is 18.5. The Morgan fingerprint density at radius 3 is 2.88 bits per heavy atom. The molecule has 0 unspecified atom stereocenters. The number of hydrogen-bond donors (Lipinski definition) is 3. The van der Waals surface area contributed by atoms with Gasteiger partial charge < -0.3 is 20.1 Å². The number of anilines is 1. The number of nitrogens with zero attached hydrogens (tertiary/aromatic N) is 3. The van der Waals surface area contributed by atoms with Crippen LogP contribution in [-0.2, 0) is 4.79 Å². The molecular weight excluding hydrogens is 338 g/mol. The van der Waals surface area contributed by atoms with E-state index in [0.717, 1.165) is 6.42 Å². The number of para-hydroxylation sites is 1. The molecule has 0 fully saturated rings. The summed E-state index contributed by atoms with van der Waals surface area (Å²) in [5.41, 5.74) is 0.413. The number of fused-ring (bicyclic) bond motifs is 1. The number of carboxylic acids is 1. The van der Waals surface area contributed by atoms with Crippen molar-refractivity contribution in [3.05, 3.63) is 40.8 Å². The number of H-pyrrole nitrogens is 1. The smallest absolute Gasteiger partial charge is 0.322 e. The third-order valence-electron chi connectivity index (χ3n) is 3.46. The summed E-state index contributed by atoms with van der Waals surface area (Å²) in [5.74, 6) is -0.0399. The molecule has 3 aromatic rings. The van der Waals surface area contributed by atoms with Crippen molar-refractivity contribution >= 4 is 23.0 Å². The van der Waals surface area contributed by atoms with Gasteiger partial charge in [0.15, 0.2) is 5.65 Å². The molecule has 0 aliphatic carbocycles. The molecule has 0 atom stereocenters. The molecule has 26 heavy (non-hydrogen) atoms. The van der Waals surface area contributed by atoms with Gasteiger partial charge in [-0.2, -0.15) is 4.98 Å². The molecule has 0 aliphatic rings. The van der Waals surface area contributed by atoms with Gasteiger partial charge in [-0.15, -0.1) is 0 Å². The standard InChI is InChI=1S/C17H17N5O4/c1-2-7-26-12-6-4-3-5-10(12)14-20-15-11(16(25)21-14)8-18-17(22-15)19-9-13(23)24/h3-6,8H,2,7,9H2,1H3,(H,23,24)(H2,18,19,20,21,22,25). The number of carbonyl (C=O) groups is 1. The predicted molar refractivity (Wildman–Crippen MR) is 95.3 cm³/mol. The van der Waals surface area contributed by atoms with Crippen molar-refractivity contribution in [2.75, 3.05) is 18.5 Å². The highest BCUT2D eigenvalue weighted by Gasteiger charge is 2.12. The molecule has 9 heteroatoms. The first kappa shape index (κ1) is 17.3. The summed E-state index contributed by atoms with van der Waals surface area (Å²) in [6.07, 6.45) is 2.16. The van der Waals surface area contributed by atoms with Crippen LogP contribution in [0.5, 0.6) is 5.75 Å². The van der Waals surface area contributed by atoms with Crippen molar-refractivity contribution in [3.63, 3.8) is 0 Å². The Bertz CT molecular complexity index is 1000.